The first kappa shape index (κ1) is 12.7. The Kier molecular flexibility index (Phi) is 4.30. The second kappa shape index (κ2) is 5.74. The Hall–Kier alpha value is -0.730. The van der Waals surface area contributed by atoms with Gasteiger partial charge in [0.05, 0.1) is 10.7 Å². The second-order valence-corrected chi connectivity index (χ2v) is 5.38. The maximum absolute atomic E-state index is 6.36. The van der Waals surface area contributed by atoms with Gasteiger partial charge in [0.2, 0.25) is 0 Å². The smallest absolute Gasteiger partial charge is 0.0642 e. The van der Waals surface area contributed by atoms with Gasteiger partial charge in [-0.3, -0.25) is 0 Å². The first-order chi connectivity index (χ1) is 8.18. The standard InChI is InChI=1S/C14H21ClN2/c1-11(2)16-10-12-6-5-7-13(15)14(12)17-8-3-4-9-17/h5-7,11,16H,3-4,8-10H2,1-2H3. The van der Waals surface area contributed by atoms with E-state index in [9.17, 15) is 0 Å². The number of rotatable bonds is 4. The highest BCUT2D eigenvalue weighted by Crippen LogP contribution is 2.32. The largest absolute Gasteiger partial charge is 0.370 e. The van der Waals surface area contributed by atoms with E-state index in [1.807, 2.05) is 12.1 Å². The van der Waals surface area contributed by atoms with Gasteiger partial charge >= 0.3 is 0 Å². The van der Waals surface area contributed by atoms with Crippen molar-refractivity contribution in [2.75, 3.05) is 18.0 Å². The molecule has 0 aliphatic carbocycles. The minimum Gasteiger partial charge on any atom is -0.370 e. The Bertz CT molecular complexity index is 370. The van der Waals surface area contributed by atoms with Gasteiger partial charge < -0.3 is 10.2 Å². The highest BCUT2D eigenvalue weighted by Gasteiger charge is 2.18. The van der Waals surface area contributed by atoms with E-state index in [2.05, 4.69) is 30.1 Å². The van der Waals surface area contributed by atoms with Crippen LogP contribution in [0.15, 0.2) is 18.2 Å². The fourth-order valence-corrected chi connectivity index (χ4v) is 2.63. The van der Waals surface area contributed by atoms with Crippen LogP contribution in [0.5, 0.6) is 0 Å². The van der Waals surface area contributed by atoms with Crippen molar-refractivity contribution in [1.82, 2.24) is 5.32 Å². The van der Waals surface area contributed by atoms with Crippen LogP contribution in [-0.4, -0.2) is 19.1 Å². The van der Waals surface area contributed by atoms with E-state index in [-0.39, 0.29) is 0 Å². The van der Waals surface area contributed by atoms with Gasteiger partial charge in [-0.05, 0) is 24.5 Å². The lowest BCUT2D eigenvalue weighted by Gasteiger charge is -2.23. The quantitative estimate of drug-likeness (QED) is 0.883. The fraction of sp³-hybridized carbons (Fsp3) is 0.571. The van der Waals surface area contributed by atoms with Crippen LogP contribution in [0.25, 0.3) is 0 Å². The molecule has 2 nitrogen and oxygen atoms in total. The molecule has 17 heavy (non-hydrogen) atoms. The van der Waals surface area contributed by atoms with Crippen LogP contribution in [0.1, 0.15) is 32.3 Å². The van der Waals surface area contributed by atoms with Crippen LogP contribution in [-0.2, 0) is 6.54 Å². The molecule has 94 valence electrons. The predicted octanol–water partition coefficient (Wildman–Crippen LogP) is 3.44. The summed E-state index contributed by atoms with van der Waals surface area (Å²) in [5, 5.41) is 4.35. The molecule has 1 N–H and O–H groups in total. The molecule has 1 aliphatic heterocycles. The first-order valence-corrected chi connectivity index (χ1v) is 6.82. The number of benzene rings is 1. The summed E-state index contributed by atoms with van der Waals surface area (Å²) in [6, 6.07) is 6.71. The SMILES string of the molecule is CC(C)NCc1cccc(Cl)c1N1CCCC1. The second-order valence-electron chi connectivity index (χ2n) is 4.98. The van der Waals surface area contributed by atoms with Crippen molar-refractivity contribution < 1.29 is 0 Å². The Balaban J connectivity index is 2.21. The van der Waals surface area contributed by atoms with Gasteiger partial charge in [0, 0.05) is 25.7 Å². The third-order valence-corrected chi connectivity index (χ3v) is 3.50. The van der Waals surface area contributed by atoms with Crippen molar-refractivity contribution in [3.8, 4) is 0 Å². The van der Waals surface area contributed by atoms with Crippen LogP contribution in [0.4, 0.5) is 5.69 Å². The molecule has 1 aromatic rings. The summed E-state index contributed by atoms with van der Waals surface area (Å²) in [5.41, 5.74) is 2.55. The Morgan fingerprint density at radius 3 is 2.65 bits per heavy atom. The normalized spacial score (nSPS) is 15.9. The monoisotopic (exact) mass is 252 g/mol. The van der Waals surface area contributed by atoms with Crippen LogP contribution >= 0.6 is 11.6 Å². The van der Waals surface area contributed by atoms with Gasteiger partial charge in [-0.25, -0.2) is 0 Å². The number of anilines is 1. The zero-order chi connectivity index (χ0) is 12.3. The summed E-state index contributed by atoms with van der Waals surface area (Å²) in [7, 11) is 0. The van der Waals surface area contributed by atoms with E-state index in [1.54, 1.807) is 0 Å². The van der Waals surface area contributed by atoms with Gasteiger partial charge in [0.1, 0.15) is 0 Å². The minimum atomic E-state index is 0.500. The summed E-state index contributed by atoms with van der Waals surface area (Å²) in [6.45, 7) is 7.50. The number of para-hydroxylation sites is 1. The number of hydrogen-bond acceptors (Lipinski definition) is 2. The minimum absolute atomic E-state index is 0.500. The van der Waals surface area contributed by atoms with E-state index in [1.165, 1.54) is 24.1 Å². The van der Waals surface area contributed by atoms with Gasteiger partial charge in [0.15, 0.2) is 0 Å². The summed E-state index contributed by atoms with van der Waals surface area (Å²) >= 11 is 6.36. The summed E-state index contributed by atoms with van der Waals surface area (Å²) < 4.78 is 0. The maximum Gasteiger partial charge on any atom is 0.0642 e. The zero-order valence-corrected chi connectivity index (χ0v) is 11.4. The fourth-order valence-electron chi connectivity index (χ4n) is 2.31. The highest BCUT2D eigenvalue weighted by atomic mass is 35.5. The predicted molar refractivity (Wildman–Crippen MR) is 74.9 cm³/mol. The van der Waals surface area contributed by atoms with Crippen molar-refractivity contribution in [1.29, 1.82) is 0 Å². The lowest BCUT2D eigenvalue weighted by Crippen LogP contribution is -2.25. The first-order valence-electron chi connectivity index (χ1n) is 6.44. The van der Waals surface area contributed by atoms with Crippen molar-refractivity contribution in [3.05, 3.63) is 28.8 Å². The van der Waals surface area contributed by atoms with Crippen LogP contribution in [0, 0.1) is 0 Å². The van der Waals surface area contributed by atoms with Gasteiger partial charge in [0.25, 0.3) is 0 Å². The Morgan fingerprint density at radius 2 is 2.00 bits per heavy atom. The number of nitrogens with zero attached hydrogens (tertiary/aromatic N) is 1. The lowest BCUT2D eigenvalue weighted by molar-refractivity contribution is 0.588. The van der Waals surface area contributed by atoms with Gasteiger partial charge in [-0.2, -0.15) is 0 Å². The molecule has 1 aromatic carbocycles. The maximum atomic E-state index is 6.36. The van der Waals surface area contributed by atoms with E-state index < -0.39 is 0 Å². The molecule has 0 atom stereocenters. The molecule has 0 aromatic heterocycles. The molecule has 0 bridgehead atoms. The van der Waals surface area contributed by atoms with Gasteiger partial charge in [-0.15, -0.1) is 0 Å². The molecule has 1 fully saturated rings. The molecule has 1 saturated heterocycles. The summed E-state index contributed by atoms with van der Waals surface area (Å²) in [6.07, 6.45) is 2.56. The van der Waals surface area contributed by atoms with E-state index >= 15 is 0 Å². The van der Waals surface area contributed by atoms with Crippen molar-refractivity contribution >= 4 is 17.3 Å². The summed E-state index contributed by atoms with van der Waals surface area (Å²) in [5.74, 6) is 0. The number of hydrogen-bond donors (Lipinski definition) is 1. The average Bonchev–Trinajstić information content (AvgIpc) is 2.79. The average molecular weight is 253 g/mol. The summed E-state index contributed by atoms with van der Waals surface area (Å²) in [4.78, 5) is 2.42. The Labute approximate surface area is 109 Å². The molecule has 1 aliphatic rings. The molecular formula is C14H21ClN2. The Morgan fingerprint density at radius 1 is 1.29 bits per heavy atom. The van der Waals surface area contributed by atoms with E-state index in [4.69, 9.17) is 11.6 Å². The third-order valence-electron chi connectivity index (χ3n) is 3.19. The third kappa shape index (κ3) is 3.14. The van der Waals surface area contributed by atoms with E-state index in [0.29, 0.717) is 6.04 Å². The number of nitrogens with one attached hydrogen (secondary N) is 1. The van der Waals surface area contributed by atoms with Crippen LogP contribution in [0.3, 0.4) is 0 Å². The van der Waals surface area contributed by atoms with Crippen LogP contribution < -0.4 is 10.2 Å². The lowest BCUT2D eigenvalue weighted by atomic mass is 10.1. The van der Waals surface area contributed by atoms with Crippen LogP contribution in [0.2, 0.25) is 5.02 Å². The van der Waals surface area contributed by atoms with E-state index in [0.717, 1.165) is 24.7 Å². The molecule has 0 radical (unpaired) electrons. The van der Waals surface area contributed by atoms with Crippen molar-refractivity contribution in [2.24, 2.45) is 0 Å². The molecule has 0 saturated carbocycles. The zero-order valence-electron chi connectivity index (χ0n) is 10.7. The molecule has 0 amide bonds. The highest BCUT2D eigenvalue weighted by molar-refractivity contribution is 6.33. The molecule has 0 unspecified atom stereocenters. The number of halogens is 1. The van der Waals surface area contributed by atoms with Crippen molar-refractivity contribution in [2.45, 2.75) is 39.3 Å². The van der Waals surface area contributed by atoms with Crippen molar-refractivity contribution in [3.63, 3.8) is 0 Å². The molecule has 2 rings (SSSR count). The molecule has 3 heteroatoms. The molecule has 1 heterocycles. The topological polar surface area (TPSA) is 15.3 Å². The van der Waals surface area contributed by atoms with Gasteiger partial charge in [-0.1, -0.05) is 37.6 Å². The molecule has 0 spiro atoms. The molecular weight excluding hydrogens is 232 g/mol.